The second kappa shape index (κ2) is 8.48. The molecular weight excluding hydrogens is 306 g/mol. The molecule has 22 heavy (non-hydrogen) atoms. The maximum absolute atomic E-state index is 11.9. The third-order valence-corrected chi connectivity index (χ3v) is 3.90. The minimum Gasteiger partial charge on any atom is -0.387 e. The average Bonchev–Trinajstić information content (AvgIpc) is 3.04. The fourth-order valence-electron chi connectivity index (χ4n) is 2.25. The first-order valence-corrected chi connectivity index (χ1v) is 7.88. The lowest BCUT2D eigenvalue weighted by Crippen LogP contribution is -2.38. The molecule has 3 atom stereocenters. The van der Waals surface area contributed by atoms with Crippen LogP contribution in [-0.4, -0.2) is 43.0 Å². The SMILES string of the molecule is CC(OCC1CCCO1)C(=O)NCC(O)c1ccc(Cl)cc1. The topological polar surface area (TPSA) is 67.8 Å². The van der Waals surface area contributed by atoms with E-state index in [1.807, 2.05) is 0 Å². The van der Waals surface area contributed by atoms with Crippen molar-refractivity contribution in [1.29, 1.82) is 0 Å². The molecule has 6 heteroatoms. The van der Waals surface area contributed by atoms with Crippen molar-refractivity contribution in [2.45, 2.75) is 38.1 Å². The van der Waals surface area contributed by atoms with E-state index in [0.29, 0.717) is 17.2 Å². The average molecular weight is 328 g/mol. The Kier molecular flexibility index (Phi) is 6.64. The number of aliphatic hydroxyl groups is 1. The minimum absolute atomic E-state index is 0.0925. The number of halogens is 1. The maximum Gasteiger partial charge on any atom is 0.248 e. The summed E-state index contributed by atoms with van der Waals surface area (Å²) >= 11 is 5.80. The second-order valence-electron chi connectivity index (χ2n) is 5.42. The Morgan fingerprint density at radius 2 is 2.23 bits per heavy atom. The predicted octanol–water partition coefficient (Wildman–Crippen LogP) is 2.07. The van der Waals surface area contributed by atoms with Gasteiger partial charge >= 0.3 is 0 Å². The molecule has 0 saturated carbocycles. The summed E-state index contributed by atoms with van der Waals surface area (Å²) in [6.07, 6.45) is 0.772. The van der Waals surface area contributed by atoms with Gasteiger partial charge in [0.05, 0.1) is 18.8 Å². The molecule has 0 radical (unpaired) electrons. The molecule has 2 N–H and O–H groups in total. The smallest absolute Gasteiger partial charge is 0.248 e. The van der Waals surface area contributed by atoms with Gasteiger partial charge in [0, 0.05) is 18.2 Å². The zero-order valence-corrected chi connectivity index (χ0v) is 13.4. The van der Waals surface area contributed by atoms with E-state index in [1.165, 1.54) is 0 Å². The van der Waals surface area contributed by atoms with Crippen LogP contribution >= 0.6 is 11.6 Å². The van der Waals surface area contributed by atoms with Gasteiger partial charge in [-0.25, -0.2) is 0 Å². The Morgan fingerprint density at radius 3 is 2.86 bits per heavy atom. The molecule has 122 valence electrons. The van der Waals surface area contributed by atoms with Crippen LogP contribution in [0.1, 0.15) is 31.4 Å². The normalized spacial score (nSPS) is 20.6. The highest BCUT2D eigenvalue weighted by atomic mass is 35.5. The van der Waals surface area contributed by atoms with Crippen LogP contribution in [0.5, 0.6) is 0 Å². The van der Waals surface area contributed by atoms with Crippen LogP contribution in [0.25, 0.3) is 0 Å². The summed E-state index contributed by atoms with van der Waals surface area (Å²) in [5.41, 5.74) is 0.706. The maximum atomic E-state index is 11.9. The highest BCUT2D eigenvalue weighted by molar-refractivity contribution is 6.30. The molecule has 1 saturated heterocycles. The highest BCUT2D eigenvalue weighted by Gasteiger charge is 2.20. The molecule has 0 bridgehead atoms. The fraction of sp³-hybridized carbons (Fsp3) is 0.562. The van der Waals surface area contributed by atoms with E-state index in [0.717, 1.165) is 19.4 Å². The largest absolute Gasteiger partial charge is 0.387 e. The molecule has 0 aromatic heterocycles. The highest BCUT2D eigenvalue weighted by Crippen LogP contribution is 2.16. The van der Waals surface area contributed by atoms with Crippen molar-refractivity contribution in [3.05, 3.63) is 34.9 Å². The Morgan fingerprint density at radius 1 is 1.50 bits per heavy atom. The number of ether oxygens (including phenoxy) is 2. The number of carbonyl (C=O) groups is 1. The van der Waals surface area contributed by atoms with Gasteiger partial charge in [-0.3, -0.25) is 4.79 Å². The Hall–Kier alpha value is -1.14. The molecule has 1 aromatic rings. The summed E-state index contributed by atoms with van der Waals surface area (Å²) < 4.78 is 10.9. The van der Waals surface area contributed by atoms with Crippen molar-refractivity contribution >= 4 is 17.5 Å². The number of amides is 1. The molecule has 2 rings (SSSR count). The summed E-state index contributed by atoms with van der Waals surface area (Å²) in [6.45, 7) is 3.02. The molecule has 1 fully saturated rings. The first-order valence-electron chi connectivity index (χ1n) is 7.50. The molecule has 1 aromatic carbocycles. The van der Waals surface area contributed by atoms with Crippen molar-refractivity contribution in [3.8, 4) is 0 Å². The minimum atomic E-state index is -0.772. The summed E-state index contributed by atoms with van der Waals surface area (Å²) in [7, 11) is 0. The summed E-state index contributed by atoms with van der Waals surface area (Å²) in [5, 5.41) is 13.3. The lowest BCUT2D eigenvalue weighted by molar-refractivity contribution is -0.134. The van der Waals surface area contributed by atoms with Gasteiger partial charge in [-0.1, -0.05) is 23.7 Å². The molecule has 1 heterocycles. The first-order chi connectivity index (χ1) is 10.6. The lowest BCUT2D eigenvalue weighted by Gasteiger charge is -2.17. The quantitative estimate of drug-likeness (QED) is 0.804. The van der Waals surface area contributed by atoms with Gasteiger partial charge in [-0.05, 0) is 37.5 Å². The van der Waals surface area contributed by atoms with Crippen LogP contribution in [0.4, 0.5) is 0 Å². The second-order valence-corrected chi connectivity index (χ2v) is 5.86. The third-order valence-electron chi connectivity index (χ3n) is 3.65. The van der Waals surface area contributed by atoms with Crippen molar-refractivity contribution in [2.75, 3.05) is 19.8 Å². The molecule has 3 unspecified atom stereocenters. The number of benzene rings is 1. The number of hydrogen-bond donors (Lipinski definition) is 2. The van der Waals surface area contributed by atoms with Crippen molar-refractivity contribution in [1.82, 2.24) is 5.32 Å². The van der Waals surface area contributed by atoms with E-state index in [1.54, 1.807) is 31.2 Å². The van der Waals surface area contributed by atoms with Crippen LogP contribution in [0.15, 0.2) is 24.3 Å². The van der Waals surface area contributed by atoms with E-state index in [4.69, 9.17) is 21.1 Å². The van der Waals surface area contributed by atoms with Gasteiger partial charge in [0.2, 0.25) is 5.91 Å². The molecule has 5 nitrogen and oxygen atoms in total. The van der Waals surface area contributed by atoms with Crippen LogP contribution in [0, 0.1) is 0 Å². The van der Waals surface area contributed by atoms with E-state index < -0.39 is 12.2 Å². The Labute approximate surface area is 135 Å². The molecule has 1 aliphatic rings. The molecular formula is C16H22ClNO4. The fourth-order valence-corrected chi connectivity index (χ4v) is 2.37. The van der Waals surface area contributed by atoms with E-state index in [-0.39, 0.29) is 18.6 Å². The molecule has 0 aliphatic carbocycles. The van der Waals surface area contributed by atoms with Gasteiger partial charge in [0.15, 0.2) is 0 Å². The van der Waals surface area contributed by atoms with Gasteiger partial charge in [0.1, 0.15) is 6.10 Å². The van der Waals surface area contributed by atoms with Crippen molar-refractivity contribution in [3.63, 3.8) is 0 Å². The van der Waals surface area contributed by atoms with E-state index >= 15 is 0 Å². The Balaban J connectivity index is 1.70. The van der Waals surface area contributed by atoms with Gasteiger partial charge < -0.3 is 19.9 Å². The van der Waals surface area contributed by atoms with Gasteiger partial charge in [0.25, 0.3) is 0 Å². The van der Waals surface area contributed by atoms with Crippen molar-refractivity contribution in [2.24, 2.45) is 0 Å². The van der Waals surface area contributed by atoms with Crippen LogP contribution in [-0.2, 0) is 14.3 Å². The Bertz CT molecular complexity index is 474. The van der Waals surface area contributed by atoms with Crippen LogP contribution < -0.4 is 5.32 Å². The molecule has 0 spiro atoms. The molecule has 1 aliphatic heterocycles. The zero-order chi connectivity index (χ0) is 15.9. The summed E-state index contributed by atoms with van der Waals surface area (Å²) in [4.78, 5) is 11.9. The zero-order valence-electron chi connectivity index (χ0n) is 12.6. The van der Waals surface area contributed by atoms with Crippen LogP contribution in [0.2, 0.25) is 5.02 Å². The van der Waals surface area contributed by atoms with Crippen LogP contribution in [0.3, 0.4) is 0 Å². The van der Waals surface area contributed by atoms with Gasteiger partial charge in [-0.15, -0.1) is 0 Å². The predicted molar refractivity (Wildman–Crippen MR) is 83.8 cm³/mol. The summed E-state index contributed by atoms with van der Waals surface area (Å²) in [5.74, 6) is -0.244. The number of aliphatic hydroxyl groups excluding tert-OH is 1. The molecule has 1 amide bonds. The number of rotatable bonds is 7. The van der Waals surface area contributed by atoms with Crippen molar-refractivity contribution < 1.29 is 19.4 Å². The number of carbonyl (C=O) groups excluding carboxylic acids is 1. The van der Waals surface area contributed by atoms with E-state index in [2.05, 4.69) is 5.32 Å². The summed E-state index contributed by atoms with van der Waals surface area (Å²) in [6, 6.07) is 6.87. The van der Waals surface area contributed by atoms with Gasteiger partial charge in [-0.2, -0.15) is 0 Å². The third kappa shape index (κ3) is 5.25. The first kappa shape index (κ1) is 17.2. The number of nitrogens with one attached hydrogen (secondary N) is 1. The lowest BCUT2D eigenvalue weighted by atomic mass is 10.1. The van der Waals surface area contributed by atoms with E-state index in [9.17, 15) is 9.90 Å². The standard InChI is InChI=1S/C16H22ClNO4/c1-11(22-10-14-3-2-8-21-14)16(20)18-9-15(19)12-4-6-13(17)7-5-12/h4-7,11,14-15,19H,2-3,8-10H2,1H3,(H,18,20). The number of hydrogen-bond acceptors (Lipinski definition) is 4. The monoisotopic (exact) mass is 327 g/mol.